The maximum absolute atomic E-state index is 11.7. The molecule has 1 aromatic carbocycles. The minimum absolute atomic E-state index is 0.343. The van der Waals surface area contributed by atoms with Crippen LogP contribution in [0.15, 0.2) is 30.5 Å². The Morgan fingerprint density at radius 2 is 2.26 bits per heavy atom. The third-order valence-corrected chi connectivity index (χ3v) is 2.96. The van der Waals surface area contributed by atoms with Gasteiger partial charge in [0.05, 0.1) is 17.7 Å². The molecule has 3 aromatic rings. The van der Waals surface area contributed by atoms with E-state index in [-0.39, 0.29) is 5.97 Å². The van der Waals surface area contributed by atoms with Crippen LogP contribution in [0.25, 0.3) is 16.6 Å². The lowest BCUT2D eigenvalue weighted by molar-refractivity contribution is 0.0526. The monoisotopic (exact) mass is 275 g/mol. The summed E-state index contributed by atoms with van der Waals surface area (Å²) in [5.41, 5.74) is 1.85. The number of hydrogen-bond donors (Lipinski definition) is 0. The molecule has 0 saturated heterocycles. The first-order valence-electron chi connectivity index (χ1n) is 5.81. The van der Waals surface area contributed by atoms with Crippen LogP contribution in [0.3, 0.4) is 0 Å². The van der Waals surface area contributed by atoms with Gasteiger partial charge in [-0.1, -0.05) is 11.6 Å². The topological polar surface area (TPSA) is 56.5 Å². The number of aromatic nitrogens is 3. The van der Waals surface area contributed by atoms with Gasteiger partial charge in [-0.25, -0.2) is 14.3 Å². The van der Waals surface area contributed by atoms with Crippen molar-refractivity contribution < 1.29 is 9.53 Å². The molecular weight excluding hydrogens is 266 g/mol. The summed E-state index contributed by atoms with van der Waals surface area (Å²) in [4.78, 5) is 15.9. The number of hydrogen-bond acceptors (Lipinski definition) is 4. The number of halogens is 1. The molecule has 2 aromatic heterocycles. The summed E-state index contributed by atoms with van der Waals surface area (Å²) in [5, 5.41) is 5.50. The molecule has 0 unspecified atom stereocenters. The van der Waals surface area contributed by atoms with Crippen molar-refractivity contribution in [1.82, 2.24) is 14.6 Å². The highest BCUT2D eigenvalue weighted by atomic mass is 35.5. The highest BCUT2D eigenvalue weighted by molar-refractivity contribution is 6.29. The Morgan fingerprint density at radius 3 is 3.05 bits per heavy atom. The second kappa shape index (κ2) is 4.51. The summed E-state index contributed by atoms with van der Waals surface area (Å²) >= 11 is 5.88. The molecule has 0 atom stereocenters. The van der Waals surface area contributed by atoms with E-state index in [0.29, 0.717) is 23.0 Å². The molecule has 2 heterocycles. The zero-order chi connectivity index (χ0) is 13.4. The lowest BCUT2D eigenvalue weighted by Crippen LogP contribution is -2.03. The molecule has 5 nitrogen and oxygen atoms in total. The summed E-state index contributed by atoms with van der Waals surface area (Å²) < 4.78 is 6.61. The van der Waals surface area contributed by atoms with Gasteiger partial charge >= 0.3 is 5.97 Å². The summed E-state index contributed by atoms with van der Waals surface area (Å²) in [6, 6.07) is 6.84. The summed E-state index contributed by atoms with van der Waals surface area (Å²) in [6.07, 6.45) is 1.73. The number of carbonyl (C=O) groups is 1. The van der Waals surface area contributed by atoms with Gasteiger partial charge in [-0.2, -0.15) is 5.10 Å². The minimum Gasteiger partial charge on any atom is -0.462 e. The Hall–Kier alpha value is -2.14. The molecule has 0 aliphatic heterocycles. The van der Waals surface area contributed by atoms with Crippen LogP contribution < -0.4 is 0 Å². The average molecular weight is 276 g/mol. The molecule has 0 spiro atoms. The van der Waals surface area contributed by atoms with Crippen molar-refractivity contribution in [3.63, 3.8) is 0 Å². The van der Waals surface area contributed by atoms with Gasteiger partial charge in [0.15, 0.2) is 5.65 Å². The van der Waals surface area contributed by atoms with Crippen molar-refractivity contribution in [1.29, 1.82) is 0 Å². The van der Waals surface area contributed by atoms with Crippen molar-refractivity contribution in [2.75, 3.05) is 6.61 Å². The van der Waals surface area contributed by atoms with Crippen LogP contribution in [0, 0.1) is 0 Å². The van der Waals surface area contributed by atoms with Gasteiger partial charge in [-0.3, -0.25) is 0 Å². The standard InChI is InChI=1S/C13H10ClN3O2/c1-2-19-13(18)8-3-4-10-9(7-8)12-15-11(14)5-6-17(12)16-10/h3-7H,2H2,1H3. The van der Waals surface area contributed by atoms with Gasteiger partial charge in [-0.15, -0.1) is 0 Å². The van der Waals surface area contributed by atoms with Crippen molar-refractivity contribution in [3.8, 4) is 0 Å². The number of benzene rings is 1. The van der Waals surface area contributed by atoms with E-state index in [1.165, 1.54) is 0 Å². The Morgan fingerprint density at radius 1 is 1.42 bits per heavy atom. The van der Waals surface area contributed by atoms with Crippen LogP contribution in [-0.4, -0.2) is 27.2 Å². The Balaban J connectivity index is 2.23. The maximum atomic E-state index is 11.7. The average Bonchev–Trinajstić information content (AvgIpc) is 2.76. The lowest BCUT2D eigenvalue weighted by Gasteiger charge is -2.00. The highest BCUT2D eigenvalue weighted by Gasteiger charge is 2.11. The quantitative estimate of drug-likeness (QED) is 0.533. The number of ether oxygens (including phenoxy) is 1. The molecule has 0 fully saturated rings. The third-order valence-electron chi connectivity index (χ3n) is 2.75. The summed E-state index contributed by atoms with van der Waals surface area (Å²) in [6.45, 7) is 2.11. The van der Waals surface area contributed by atoms with Crippen LogP contribution in [0.5, 0.6) is 0 Å². The van der Waals surface area contributed by atoms with Gasteiger partial charge < -0.3 is 4.74 Å². The molecule has 0 saturated carbocycles. The van der Waals surface area contributed by atoms with E-state index in [1.54, 1.807) is 41.9 Å². The first-order chi connectivity index (χ1) is 9.19. The summed E-state index contributed by atoms with van der Waals surface area (Å²) in [7, 11) is 0. The molecule has 0 aliphatic rings. The molecule has 0 amide bonds. The Bertz CT molecular complexity index is 782. The van der Waals surface area contributed by atoms with E-state index in [1.807, 2.05) is 0 Å². The van der Waals surface area contributed by atoms with E-state index in [2.05, 4.69) is 10.1 Å². The van der Waals surface area contributed by atoms with Gasteiger partial charge in [0.2, 0.25) is 0 Å². The number of esters is 1. The van der Waals surface area contributed by atoms with Crippen molar-refractivity contribution in [2.45, 2.75) is 6.92 Å². The largest absolute Gasteiger partial charge is 0.462 e. The van der Waals surface area contributed by atoms with E-state index in [9.17, 15) is 4.79 Å². The van der Waals surface area contributed by atoms with E-state index < -0.39 is 0 Å². The van der Waals surface area contributed by atoms with Crippen LogP contribution in [0.4, 0.5) is 0 Å². The SMILES string of the molecule is CCOC(=O)c1ccc2nn3ccc(Cl)nc3c2c1. The van der Waals surface area contributed by atoms with Crippen LogP contribution in [0.1, 0.15) is 17.3 Å². The fraction of sp³-hybridized carbons (Fsp3) is 0.154. The molecule has 3 rings (SSSR count). The van der Waals surface area contributed by atoms with Gasteiger partial charge in [0.1, 0.15) is 5.15 Å². The highest BCUT2D eigenvalue weighted by Crippen LogP contribution is 2.21. The second-order valence-electron chi connectivity index (χ2n) is 3.97. The zero-order valence-electron chi connectivity index (χ0n) is 10.1. The lowest BCUT2D eigenvalue weighted by atomic mass is 10.1. The smallest absolute Gasteiger partial charge is 0.338 e. The number of nitrogens with zero attached hydrogens (tertiary/aromatic N) is 3. The van der Waals surface area contributed by atoms with Gasteiger partial charge in [0.25, 0.3) is 0 Å². The predicted molar refractivity (Wildman–Crippen MR) is 71.5 cm³/mol. The van der Waals surface area contributed by atoms with Crippen LogP contribution >= 0.6 is 11.6 Å². The third kappa shape index (κ3) is 2.02. The van der Waals surface area contributed by atoms with Crippen LogP contribution in [-0.2, 0) is 4.74 Å². The zero-order valence-corrected chi connectivity index (χ0v) is 10.9. The molecule has 0 N–H and O–H groups in total. The minimum atomic E-state index is -0.356. The fourth-order valence-corrected chi connectivity index (χ4v) is 2.05. The first-order valence-corrected chi connectivity index (χ1v) is 6.18. The van der Waals surface area contributed by atoms with E-state index in [0.717, 1.165) is 10.9 Å². The van der Waals surface area contributed by atoms with Gasteiger partial charge in [0, 0.05) is 11.6 Å². The fourth-order valence-electron chi connectivity index (χ4n) is 1.92. The van der Waals surface area contributed by atoms with Crippen molar-refractivity contribution in [3.05, 3.63) is 41.2 Å². The second-order valence-corrected chi connectivity index (χ2v) is 4.36. The Kier molecular flexibility index (Phi) is 2.83. The molecular formula is C13H10ClN3O2. The van der Waals surface area contributed by atoms with Crippen molar-refractivity contribution in [2.24, 2.45) is 0 Å². The van der Waals surface area contributed by atoms with Crippen LogP contribution in [0.2, 0.25) is 5.15 Å². The predicted octanol–water partition coefficient (Wildman–Crippen LogP) is 2.71. The van der Waals surface area contributed by atoms with E-state index in [4.69, 9.17) is 16.3 Å². The molecule has 0 radical (unpaired) electrons. The van der Waals surface area contributed by atoms with Gasteiger partial charge in [-0.05, 0) is 31.2 Å². The molecule has 0 bridgehead atoms. The van der Waals surface area contributed by atoms with E-state index >= 15 is 0 Å². The van der Waals surface area contributed by atoms with Crippen molar-refractivity contribution >= 4 is 34.1 Å². The number of rotatable bonds is 2. The first kappa shape index (κ1) is 11.9. The normalized spacial score (nSPS) is 11.1. The molecule has 96 valence electrons. The Labute approximate surface area is 113 Å². The molecule has 19 heavy (non-hydrogen) atoms. The number of carbonyl (C=O) groups excluding carboxylic acids is 1. The molecule has 6 heteroatoms. The summed E-state index contributed by atoms with van der Waals surface area (Å²) in [5.74, 6) is -0.356. The number of fused-ring (bicyclic) bond motifs is 3. The maximum Gasteiger partial charge on any atom is 0.338 e. The molecule has 0 aliphatic carbocycles.